The molecule has 0 spiro atoms. The Morgan fingerprint density at radius 3 is 1.95 bits per heavy atom. The Balaban J connectivity index is 1.23. The monoisotopic (exact) mass is 1030 g/mol. The second-order valence-electron chi connectivity index (χ2n) is 17.9. The Hall–Kier alpha value is -7.95. The Kier molecular flexibility index (Phi) is 21.4. The molecule has 5 aromatic rings. The van der Waals surface area contributed by atoms with Crippen molar-refractivity contribution in [2.24, 2.45) is 4.99 Å². The molecule has 0 N–H and O–H groups in total. The van der Waals surface area contributed by atoms with Crippen molar-refractivity contribution >= 4 is 74.4 Å². The molecular formula is C58H62N2O13S. The zero-order chi connectivity index (χ0) is 53.7. The highest BCUT2D eigenvalue weighted by Crippen LogP contribution is 2.35. The Morgan fingerprint density at radius 2 is 1.30 bits per heavy atom. The Labute approximate surface area is 435 Å². The lowest BCUT2D eigenvalue weighted by atomic mass is 9.92. The first-order chi connectivity index (χ1) is 35.3. The van der Waals surface area contributed by atoms with Crippen LogP contribution in [0, 0.1) is 0 Å². The lowest BCUT2D eigenvalue weighted by Crippen LogP contribution is -2.40. The number of nitrogens with zero attached hydrogens (tertiary/aromatic N) is 2. The van der Waals surface area contributed by atoms with Crippen molar-refractivity contribution in [3.63, 3.8) is 0 Å². The van der Waals surface area contributed by atoms with Crippen LogP contribution in [0.5, 0.6) is 23.0 Å². The molecule has 388 valence electrons. The topological polar surface area (TPSA) is 184 Å². The number of thiazole rings is 1. The summed E-state index contributed by atoms with van der Waals surface area (Å²) in [6, 6.07) is 26.6. The van der Waals surface area contributed by atoms with Crippen LogP contribution < -0.4 is 18.9 Å². The first-order valence-corrected chi connectivity index (χ1v) is 24.6. The molecule has 0 bridgehead atoms. The van der Waals surface area contributed by atoms with Crippen LogP contribution in [0.1, 0.15) is 83.4 Å². The summed E-state index contributed by atoms with van der Waals surface area (Å²) in [5.74, 6) is -1.78. The van der Waals surface area contributed by atoms with Crippen molar-refractivity contribution in [2.75, 3.05) is 26.4 Å². The minimum Gasteiger partial charge on any atom is -0.490 e. The molecule has 15 nitrogen and oxygen atoms in total. The molecule has 0 saturated carbocycles. The molecule has 0 radical (unpaired) electrons. The van der Waals surface area contributed by atoms with E-state index in [0.29, 0.717) is 59.3 Å². The van der Waals surface area contributed by atoms with Crippen LogP contribution in [0.3, 0.4) is 0 Å². The summed E-state index contributed by atoms with van der Waals surface area (Å²) in [5, 5.41) is 0.568. The molecule has 5 rings (SSSR count). The predicted octanol–water partition coefficient (Wildman–Crippen LogP) is 11.5. The maximum Gasteiger partial charge on any atom is 0.336 e. The maximum absolute atomic E-state index is 13.4. The minimum atomic E-state index is -0.788. The molecule has 0 aliphatic rings. The summed E-state index contributed by atoms with van der Waals surface area (Å²) in [4.78, 5) is 71.0. The summed E-state index contributed by atoms with van der Waals surface area (Å²) in [5.41, 5.74) is 1.98. The molecule has 2 atom stereocenters. The van der Waals surface area contributed by atoms with E-state index in [4.69, 9.17) is 42.9 Å². The van der Waals surface area contributed by atoms with Gasteiger partial charge in [-0.15, -0.1) is 0 Å². The number of esters is 5. The molecule has 4 aromatic carbocycles. The quantitative estimate of drug-likeness (QED) is 0.0115. The molecule has 1 heterocycles. The van der Waals surface area contributed by atoms with Crippen LogP contribution >= 0.6 is 11.3 Å². The van der Waals surface area contributed by atoms with Crippen LogP contribution in [0.2, 0.25) is 0 Å². The van der Waals surface area contributed by atoms with Gasteiger partial charge in [0, 0.05) is 60.6 Å². The summed E-state index contributed by atoms with van der Waals surface area (Å²) in [6.45, 7) is 22.1. The summed E-state index contributed by atoms with van der Waals surface area (Å²) >= 11 is 1.45. The van der Waals surface area contributed by atoms with E-state index in [9.17, 15) is 24.0 Å². The number of fused-ring (bicyclic) bond motifs is 1. The van der Waals surface area contributed by atoms with E-state index in [0.717, 1.165) is 34.0 Å². The van der Waals surface area contributed by atoms with Gasteiger partial charge in [0.1, 0.15) is 40.8 Å². The standard InChI is InChI=1S/C58H62N2O13S/c1-10-51(61)67-34-16-15-33-66-36-46(70-52(62)11-2)37-68-43-25-19-41(20-26-43)24-32-55(65)71-49-30-29-45(35-47(49)39(4)40(5)59-56-60-48-17-13-14-18-50(48)74-56)69-54(64)31-23-42-21-27-44(28-22-42)72-57(6,7)38-58(8,9)73-53(63)12-3/h10-14,17-32,35,39,46H,1-3,15-16,33-34,36-38H2,4-9H3/b31-23+,32-24+,59-40?. The maximum atomic E-state index is 13.4. The highest BCUT2D eigenvalue weighted by atomic mass is 32.1. The molecule has 0 amide bonds. The second-order valence-corrected chi connectivity index (χ2v) is 18.9. The highest BCUT2D eigenvalue weighted by Gasteiger charge is 2.33. The predicted molar refractivity (Wildman–Crippen MR) is 286 cm³/mol. The number of unbranched alkanes of at least 4 members (excludes halogenated alkanes) is 1. The van der Waals surface area contributed by atoms with Gasteiger partial charge >= 0.3 is 29.8 Å². The van der Waals surface area contributed by atoms with E-state index in [2.05, 4.69) is 24.7 Å². The Morgan fingerprint density at radius 1 is 0.689 bits per heavy atom. The molecule has 16 heteroatoms. The number of benzene rings is 4. The van der Waals surface area contributed by atoms with E-state index >= 15 is 0 Å². The van der Waals surface area contributed by atoms with E-state index in [1.807, 2.05) is 65.8 Å². The molecular weight excluding hydrogens is 965 g/mol. The van der Waals surface area contributed by atoms with E-state index in [1.165, 1.54) is 23.5 Å². The molecule has 0 aliphatic heterocycles. The number of carbonyl (C=O) groups is 5. The number of hydrogen-bond donors (Lipinski definition) is 0. The first kappa shape index (κ1) is 57.0. The van der Waals surface area contributed by atoms with Crippen molar-refractivity contribution in [3.8, 4) is 23.0 Å². The molecule has 0 fully saturated rings. The molecule has 0 aliphatic carbocycles. The van der Waals surface area contributed by atoms with Crippen molar-refractivity contribution in [3.05, 3.63) is 158 Å². The lowest BCUT2D eigenvalue weighted by Gasteiger charge is -2.34. The van der Waals surface area contributed by atoms with Crippen LogP contribution in [-0.2, 0) is 42.9 Å². The highest BCUT2D eigenvalue weighted by molar-refractivity contribution is 7.22. The average molecular weight is 1030 g/mol. The van der Waals surface area contributed by atoms with Gasteiger partial charge in [-0.1, -0.05) is 74.4 Å². The molecule has 1 aromatic heterocycles. The normalized spacial score (nSPS) is 12.6. The summed E-state index contributed by atoms with van der Waals surface area (Å²) < 4.78 is 46.2. The molecule has 74 heavy (non-hydrogen) atoms. The SMILES string of the molecule is C=CC(=O)OCCCCOCC(COc1ccc(/C=C/C(=O)Oc2ccc(OC(=O)/C=C/c3ccc(OC(C)(C)CC(C)(C)OC(=O)C=C)cc3)cc2C(C)C(C)=Nc2nc3ccccc3s2)cc1)OC(=O)C=C. The number of rotatable bonds is 28. The smallest absolute Gasteiger partial charge is 0.336 e. The molecule has 2 unspecified atom stereocenters. The van der Waals surface area contributed by atoms with Gasteiger partial charge in [-0.05, 0) is 125 Å². The van der Waals surface area contributed by atoms with Crippen LogP contribution in [0.25, 0.3) is 22.4 Å². The van der Waals surface area contributed by atoms with Crippen LogP contribution in [0.4, 0.5) is 5.13 Å². The van der Waals surface area contributed by atoms with Crippen molar-refractivity contribution in [1.82, 2.24) is 4.98 Å². The van der Waals surface area contributed by atoms with Gasteiger partial charge < -0.3 is 37.9 Å². The van der Waals surface area contributed by atoms with Crippen LogP contribution in [-0.4, -0.2) is 84.3 Å². The summed E-state index contributed by atoms with van der Waals surface area (Å²) in [7, 11) is 0. The second kappa shape index (κ2) is 27.8. The zero-order valence-electron chi connectivity index (χ0n) is 42.5. The number of aromatic nitrogens is 1. The minimum absolute atomic E-state index is 0.00278. The van der Waals surface area contributed by atoms with Gasteiger partial charge in [-0.2, -0.15) is 0 Å². The third kappa shape index (κ3) is 19.2. The Bertz CT molecular complexity index is 2830. The van der Waals surface area contributed by atoms with E-state index in [1.54, 1.807) is 78.9 Å². The third-order valence-corrected chi connectivity index (χ3v) is 11.6. The van der Waals surface area contributed by atoms with E-state index in [-0.39, 0.29) is 31.3 Å². The number of para-hydroxylation sites is 1. The van der Waals surface area contributed by atoms with Crippen molar-refractivity contribution in [1.29, 1.82) is 0 Å². The number of carbonyl (C=O) groups excluding carboxylic acids is 5. The van der Waals surface area contributed by atoms with Gasteiger partial charge in [-0.3, -0.25) is 0 Å². The van der Waals surface area contributed by atoms with Crippen molar-refractivity contribution in [2.45, 2.75) is 84.0 Å². The van der Waals surface area contributed by atoms with E-state index < -0.39 is 53.1 Å². The average Bonchev–Trinajstić information content (AvgIpc) is 3.78. The van der Waals surface area contributed by atoms with Gasteiger partial charge in [0.05, 0.1) is 23.4 Å². The fourth-order valence-corrected chi connectivity index (χ4v) is 8.24. The van der Waals surface area contributed by atoms with Crippen LogP contribution in [0.15, 0.2) is 146 Å². The zero-order valence-corrected chi connectivity index (χ0v) is 43.4. The first-order valence-electron chi connectivity index (χ1n) is 23.8. The fraction of sp³-hybridized carbons (Fsp3) is 0.293. The third-order valence-electron chi connectivity index (χ3n) is 10.7. The largest absolute Gasteiger partial charge is 0.490 e. The number of aliphatic imine (C=N–C) groups is 1. The van der Waals surface area contributed by atoms with Crippen molar-refractivity contribution < 1.29 is 61.9 Å². The van der Waals surface area contributed by atoms with Gasteiger partial charge in [0.2, 0.25) is 5.13 Å². The van der Waals surface area contributed by atoms with Gasteiger partial charge in [0.25, 0.3) is 0 Å². The van der Waals surface area contributed by atoms with Gasteiger partial charge in [-0.25, -0.2) is 33.9 Å². The van der Waals surface area contributed by atoms with Gasteiger partial charge in [0.15, 0.2) is 6.10 Å². The summed E-state index contributed by atoms with van der Waals surface area (Å²) in [6.07, 6.45) is 10.0. The number of hydrogen-bond acceptors (Lipinski definition) is 16. The molecule has 0 saturated heterocycles. The lowest BCUT2D eigenvalue weighted by molar-refractivity contribution is -0.154. The fourth-order valence-electron chi connectivity index (χ4n) is 7.35. The number of ether oxygens (including phenoxy) is 8.